The average Bonchev–Trinajstić information content (AvgIpc) is 3.14. The highest BCUT2D eigenvalue weighted by atomic mass is 16.8. The molecule has 3 saturated heterocycles. The standard InChI is InChI=1S/C34H42O19/c1-12-23(39)26(42)29(45)32(47-12)52-31-28(44)25(41)21(11-36)51-34(31)53-30-27(43)24(40)20(10-35)50-33(30)48-15-7-16(37)22-17(38)9-18(49-19(22)8-15)13-3-5-14(46-2)6-4-13/h3-9,12,20-21,23-37,39-45H,10-11H2,1-2H3/t12?,20?,21?,23-,24+,25+,26-,27?,28?,29?,30-,31-,32-,33+,34-/m0/s1. The SMILES string of the molecule is COc1ccc(-c2cc(=O)c3c(O)cc(O[C@@H]4OC(CO)[C@@H](O)C(O)[C@@H]4O[C@@H]4OC(CO)[C@@H](O)C(O)[C@@H]4O[C@@H]4OC(C)[C@H](O)[C@H](O)C4O)cc3o2)cc1. The fourth-order valence-electron chi connectivity index (χ4n) is 6.39. The average molecular weight is 755 g/mol. The molecule has 2 aromatic carbocycles. The summed E-state index contributed by atoms with van der Waals surface area (Å²) >= 11 is 0. The molecule has 0 spiro atoms. The quantitative estimate of drug-likeness (QED) is 0.0988. The van der Waals surface area contributed by atoms with Crippen LogP contribution in [0.1, 0.15) is 6.92 Å². The summed E-state index contributed by atoms with van der Waals surface area (Å²) in [4.78, 5) is 13.0. The summed E-state index contributed by atoms with van der Waals surface area (Å²) in [5, 5.41) is 105. The van der Waals surface area contributed by atoms with Gasteiger partial charge in [0.15, 0.2) is 24.1 Å². The van der Waals surface area contributed by atoms with E-state index in [4.69, 9.17) is 37.6 Å². The predicted octanol–water partition coefficient (Wildman–Crippen LogP) is -2.97. The second-order valence-corrected chi connectivity index (χ2v) is 12.9. The number of rotatable bonds is 10. The molecule has 4 heterocycles. The molecule has 0 saturated carbocycles. The van der Waals surface area contributed by atoms with Crippen molar-refractivity contribution < 1.29 is 88.6 Å². The van der Waals surface area contributed by atoms with Crippen LogP contribution < -0.4 is 14.9 Å². The van der Waals surface area contributed by atoms with E-state index in [0.717, 1.165) is 6.07 Å². The topological polar surface area (TPSA) is 297 Å². The molecule has 292 valence electrons. The highest BCUT2D eigenvalue weighted by Crippen LogP contribution is 2.36. The number of aliphatic hydroxyl groups is 9. The third-order valence-electron chi connectivity index (χ3n) is 9.45. The van der Waals surface area contributed by atoms with Crippen molar-refractivity contribution in [2.45, 2.75) is 99.0 Å². The maximum absolute atomic E-state index is 13.0. The number of benzene rings is 2. The van der Waals surface area contributed by atoms with Crippen LogP contribution in [0, 0.1) is 0 Å². The Labute approximate surface area is 300 Å². The molecule has 3 aromatic rings. The Hall–Kier alpha value is -3.51. The summed E-state index contributed by atoms with van der Waals surface area (Å²) in [5.41, 5.74) is -0.199. The van der Waals surface area contributed by atoms with Crippen molar-refractivity contribution in [2.75, 3.05) is 20.3 Å². The van der Waals surface area contributed by atoms with Crippen molar-refractivity contribution in [3.05, 3.63) is 52.7 Å². The maximum atomic E-state index is 13.0. The Morgan fingerprint density at radius 2 is 1.25 bits per heavy atom. The molecule has 3 aliphatic rings. The van der Waals surface area contributed by atoms with Crippen LogP contribution >= 0.6 is 0 Å². The van der Waals surface area contributed by atoms with Crippen LogP contribution in [0.5, 0.6) is 17.2 Å². The van der Waals surface area contributed by atoms with Crippen LogP contribution in [0.15, 0.2) is 51.7 Å². The molecule has 6 rings (SSSR count). The number of aromatic hydroxyl groups is 1. The fourth-order valence-corrected chi connectivity index (χ4v) is 6.39. The zero-order valence-corrected chi connectivity index (χ0v) is 28.3. The molecule has 0 radical (unpaired) electrons. The Morgan fingerprint density at radius 3 is 1.85 bits per heavy atom. The van der Waals surface area contributed by atoms with Crippen molar-refractivity contribution in [2.24, 2.45) is 0 Å². The lowest BCUT2D eigenvalue weighted by molar-refractivity contribution is -0.387. The molecular formula is C34H42O19. The first-order valence-electron chi connectivity index (χ1n) is 16.6. The first kappa shape index (κ1) is 39.2. The molecular weight excluding hydrogens is 712 g/mol. The van der Waals surface area contributed by atoms with Gasteiger partial charge in [-0.05, 0) is 31.2 Å². The fraction of sp³-hybridized carbons (Fsp3) is 0.559. The Kier molecular flexibility index (Phi) is 11.9. The van der Waals surface area contributed by atoms with Gasteiger partial charge in [0.25, 0.3) is 0 Å². The smallest absolute Gasteiger partial charge is 0.229 e. The first-order valence-corrected chi connectivity index (χ1v) is 16.6. The minimum absolute atomic E-state index is 0.120. The van der Waals surface area contributed by atoms with Crippen LogP contribution in [-0.2, 0) is 23.7 Å². The Morgan fingerprint density at radius 1 is 0.660 bits per heavy atom. The summed E-state index contributed by atoms with van der Waals surface area (Å²) in [6.45, 7) is -0.269. The number of ether oxygens (including phenoxy) is 7. The van der Waals surface area contributed by atoms with Gasteiger partial charge >= 0.3 is 0 Å². The summed E-state index contributed by atoms with van der Waals surface area (Å²) in [5.74, 6) is -0.0612. The normalized spacial score (nSPS) is 37.8. The lowest BCUT2D eigenvalue weighted by Crippen LogP contribution is -2.67. The van der Waals surface area contributed by atoms with Gasteiger partial charge in [-0.15, -0.1) is 0 Å². The largest absolute Gasteiger partial charge is 0.507 e. The zero-order chi connectivity index (χ0) is 38.3. The van der Waals surface area contributed by atoms with E-state index in [-0.39, 0.29) is 22.5 Å². The molecule has 53 heavy (non-hydrogen) atoms. The minimum Gasteiger partial charge on any atom is -0.507 e. The van der Waals surface area contributed by atoms with Crippen molar-refractivity contribution in [3.63, 3.8) is 0 Å². The number of hydrogen-bond acceptors (Lipinski definition) is 19. The molecule has 3 fully saturated rings. The summed E-state index contributed by atoms with van der Waals surface area (Å²) in [7, 11) is 1.49. The van der Waals surface area contributed by atoms with Gasteiger partial charge in [0, 0.05) is 23.8 Å². The summed E-state index contributed by atoms with van der Waals surface area (Å²) in [6, 6.07) is 10.1. The third kappa shape index (κ3) is 7.72. The molecule has 15 atom stereocenters. The van der Waals surface area contributed by atoms with Crippen molar-refractivity contribution in [1.29, 1.82) is 0 Å². The van der Waals surface area contributed by atoms with Gasteiger partial charge in [0.05, 0.1) is 26.4 Å². The van der Waals surface area contributed by atoms with E-state index in [1.165, 1.54) is 26.2 Å². The van der Waals surface area contributed by atoms with Crippen molar-refractivity contribution in [1.82, 2.24) is 0 Å². The lowest BCUT2D eigenvalue weighted by atomic mass is 9.96. The molecule has 0 amide bonds. The van der Waals surface area contributed by atoms with Gasteiger partial charge in [-0.1, -0.05) is 0 Å². The van der Waals surface area contributed by atoms with E-state index < -0.39 is 117 Å². The highest BCUT2D eigenvalue weighted by molar-refractivity contribution is 5.86. The van der Waals surface area contributed by atoms with Crippen LogP contribution in [0.4, 0.5) is 0 Å². The van der Waals surface area contributed by atoms with Gasteiger partial charge in [-0.2, -0.15) is 0 Å². The van der Waals surface area contributed by atoms with Crippen LogP contribution in [-0.4, -0.2) is 164 Å². The van der Waals surface area contributed by atoms with E-state index >= 15 is 0 Å². The van der Waals surface area contributed by atoms with Gasteiger partial charge < -0.3 is 88.6 Å². The lowest BCUT2D eigenvalue weighted by Gasteiger charge is -2.48. The molecule has 0 aliphatic carbocycles. The molecule has 3 aliphatic heterocycles. The van der Waals surface area contributed by atoms with Crippen LogP contribution in [0.25, 0.3) is 22.3 Å². The Balaban J connectivity index is 1.32. The monoisotopic (exact) mass is 754 g/mol. The Bertz CT molecular complexity index is 1750. The molecule has 19 nitrogen and oxygen atoms in total. The molecule has 6 unspecified atom stereocenters. The minimum atomic E-state index is -1.92. The second kappa shape index (κ2) is 16.1. The van der Waals surface area contributed by atoms with Gasteiger partial charge in [0.1, 0.15) is 95.0 Å². The number of methoxy groups -OCH3 is 1. The van der Waals surface area contributed by atoms with E-state index in [9.17, 15) is 55.9 Å². The van der Waals surface area contributed by atoms with Crippen LogP contribution in [0.2, 0.25) is 0 Å². The predicted molar refractivity (Wildman–Crippen MR) is 174 cm³/mol. The molecule has 0 bridgehead atoms. The highest BCUT2D eigenvalue weighted by Gasteiger charge is 2.54. The van der Waals surface area contributed by atoms with Crippen LogP contribution in [0.3, 0.4) is 0 Å². The number of hydrogen-bond donors (Lipinski definition) is 10. The number of fused-ring (bicyclic) bond motifs is 1. The third-order valence-corrected chi connectivity index (χ3v) is 9.45. The summed E-state index contributed by atoms with van der Waals surface area (Å²) in [6.07, 6.45) is -25.5. The number of phenols is 1. The number of phenolic OH excluding ortho intramolecular Hbond substituents is 1. The van der Waals surface area contributed by atoms with E-state index in [1.54, 1.807) is 24.3 Å². The van der Waals surface area contributed by atoms with Crippen molar-refractivity contribution in [3.8, 4) is 28.6 Å². The molecule has 1 aromatic heterocycles. The van der Waals surface area contributed by atoms with E-state index in [0.29, 0.717) is 11.3 Å². The van der Waals surface area contributed by atoms with E-state index in [1.807, 2.05) is 0 Å². The van der Waals surface area contributed by atoms with E-state index in [2.05, 4.69) is 0 Å². The maximum Gasteiger partial charge on any atom is 0.229 e. The molecule has 10 N–H and O–H groups in total. The second-order valence-electron chi connectivity index (χ2n) is 12.9. The zero-order valence-electron chi connectivity index (χ0n) is 28.3. The van der Waals surface area contributed by atoms with Crippen molar-refractivity contribution >= 4 is 11.0 Å². The van der Waals surface area contributed by atoms with Gasteiger partial charge in [-0.25, -0.2) is 0 Å². The summed E-state index contributed by atoms with van der Waals surface area (Å²) < 4.78 is 45.6. The number of aliphatic hydroxyl groups excluding tert-OH is 9. The first-order chi connectivity index (χ1) is 25.3. The van der Waals surface area contributed by atoms with Gasteiger partial charge in [-0.3, -0.25) is 4.79 Å². The van der Waals surface area contributed by atoms with Gasteiger partial charge in [0.2, 0.25) is 6.29 Å². The molecule has 19 heteroatoms.